The SMILES string of the molecule is CNC(=O)C(NC(=O)c1ccc(-c2ccc(-c3cn4cc(C)ccc4n3)cc2)o1)C1CC1. The van der Waals surface area contributed by atoms with E-state index in [9.17, 15) is 9.59 Å². The Morgan fingerprint density at radius 1 is 1.03 bits per heavy atom. The lowest BCUT2D eigenvalue weighted by Gasteiger charge is -2.15. The molecule has 1 fully saturated rings. The van der Waals surface area contributed by atoms with Crippen molar-refractivity contribution < 1.29 is 14.0 Å². The quantitative estimate of drug-likeness (QED) is 0.489. The Labute approximate surface area is 185 Å². The lowest BCUT2D eigenvalue weighted by molar-refractivity contribution is -0.122. The van der Waals surface area contributed by atoms with E-state index in [0.29, 0.717) is 5.76 Å². The number of carbonyl (C=O) groups excluding carboxylic acids is 2. The smallest absolute Gasteiger partial charge is 0.287 e. The van der Waals surface area contributed by atoms with Gasteiger partial charge in [-0.05, 0) is 49.4 Å². The molecule has 1 aliphatic rings. The first kappa shape index (κ1) is 20.1. The average Bonchev–Trinajstić information content (AvgIpc) is 3.36. The molecule has 1 unspecified atom stereocenters. The van der Waals surface area contributed by atoms with Gasteiger partial charge in [-0.1, -0.05) is 30.3 Å². The Morgan fingerprint density at radius 2 is 1.78 bits per heavy atom. The maximum atomic E-state index is 12.6. The summed E-state index contributed by atoms with van der Waals surface area (Å²) in [4.78, 5) is 29.3. The van der Waals surface area contributed by atoms with Crippen LogP contribution in [0.5, 0.6) is 0 Å². The molecule has 7 heteroatoms. The maximum Gasteiger partial charge on any atom is 0.287 e. The third-order valence-electron chi connectivity index (χ3n) is 5.80. The number of furan rings is 1. The van der Waals surface area contributed by atoms with Gasteiger partial charge in [-0.3, -0.25) is 9.59 Å². The van der Waals surface area contributed by atoms with Crippen molar-refractivity contribution in [3.05, 3.63) is 72.2 Å². The maximum absolute atomic E-state index is 12.6. The molecule has 2 amide bonds. The predicted molar refractivity (Wildman–Crippen MR) is 121 cm³/mol. The summed E-state index contributed by atoms with van der Waals surface area (Å²) in [7, 11) is 1.58. The van der Waals surface area contributed by atoms with Crippen molar-refractivity contribution in [2.45, 2.75) is 25.8 Å². The van der Waals surface area contributed by atoms with Gasteiger partial charge in [-0.25, -0.2) is 4.98 Å². The van der Waals surface area contributed by atoms with Crippen LogP contribution in [0.15, 0.2) is 65.3 Å². The van der Waals surface area contributed by atoms with Gasteiger partial charge >= 0.3 is 0 Å². The number of aryl methyl sites for hydroxylation is 1. The van der Waals surface area contributed by atoms with Crippen LogP contribution in [0.25, 0.3) is 28.2 Å². The van der Waals surface area contributed by atoms with Crippen molar-refractivity contribution in [3.63, 3.8) is 0 Å². The first-order chi connectivity index (χ1) is 15.5. The zero-order valence-corrected chi connectivity index (χ0v) is 18.0. The number of carbonyl (C=O) groups is 2. The van der Waals surface area contributed by atoms with Gasteiger partial charge in [0.1, 0.15) is 17.4 Å². The van der Waals surface area contributed by atoms with Gasteiger partial charge in [0.2, 0.25) is 5.91 Å². The molecule has 3 heterocycles. The molecule has 0 radical (unpaired) electrons. The Bertz CT molecular complexity index is 1300. The number of nitrogens with one attached hydrogen (secondary N) is 2. The van der Waals surface area contributed by atoms with Crippen molar-refractivity contribution in [1.29, 1.82) is 0 Å². The fourth-order valence-electron chi connectivity index (χ4n) is 3.86. The van der Waals surface area contributed by atoms with Crippen LogP contribution >= 0.6 is 0 Å². The highest BCUT2D eigenvalue weighted by Crippen LogP contribution is 2.33. The molecule has 7 nitrogen and oxygen atoms in total. The Balaban J connectivity index is 1.32. The lowest BCUT2D eigenvalue weighted by atomic mass is 10.1. The summed E-state index contributed by atoms with van der Waals surface area (Å²) in [6.45, 7) is 2.05. The number of imidazole rings is 1. The van der Waals surface area contributed by atoms with Crippen molar-refractivity contribution in [1.82, 2.24) is 20.0 Å². The van der Waals surface area contributed by atoms with Crippen molar-refractivity contribution >= 4 is 17.5 Å². The minimum Gasteiger partial charge on any atom is -0.451 e. The largest absolute Gasteiger partial charge is 0.451 e. The summed E-state index contributed by atoms with van der Waals surface area (Å²) >= 11 is 0. The summed E-state index contributed by atoms with van der Waals surface area (Å²) < 4.78 is 7.81. The van der Waals surface area contributed by atoms with E-state index in [-0.39, 0.29) is 23.5 Å². The van der Waals surface area contributed by atoms with Crippen LogP contribution in [0.4, 0.5) is 0 Å². The van der Waals surface area contributed by atoms with E-state index in [1.807, 2.05) is 53.2 Å². The Kier molecular flexibility index (Phi) is 5.01. The highest BCUT2D eigenvalue weighted by atomic mass is 16.4. The highest BCUT2D eigenvalue weighted by molar-refractivity contribution is 5.96. The first-order valence-electron chi connectivity index (χ1n) is 10.7. The standard InChI is InChI=1S/C25H24N4O3/c1-15-3-12-22-27-19(14-29(22)13-15)16-4-6-17(7-5-16)20-10-11-21(32-20)24(30)28-23(18-8-9-18)25(31)26-2/h3-7,10-14,18,23H,8-9H2,1-2H3,(H,26,31)(H,28,30). The van der Waals surface area contributed by atoms with Crippen molar-refractivity contribution in [2.75, 3.05) is 7.05 Å². The predicted octanol–water partition coefficient (Wildman–Crippen LogP) is 3.82. The van der Waals surface area contributed by atoms with Crippen LogP contribution in [0.2, 0.25) is 0 Å². The van der Waals surface area contributed by atoms with E-state index in [0.717, 1.165) is 35.3 Å². The molecule has 1 atom stereocenters. The summed E-state index contributed by atoms with van der Waals surface area (Å²) in [6, 6.07) is 14.8. The molecule has 1 saturated carbocycles. The molecule has 0 saturated heterocycles. The molecule has 1 aliphatic carbocycles. The number of hydrogen-bond acceptors (Lipinski definition) is 4. The first-order valence-corrected chi connectivity index (χ1v) is 10.7. The number of aromatic nitrogens is 2. The topological polar surface area (TPSA) is 88.6 Å². The molecular formula is C25H24N4O3. The summed E-state index contributed by atoms with van der Waals surface area (Å²) in [5.41, 5.74) is 4.82. The third kappa shape index (κ3) is 3.89. The van der Waals surface area contributed by atoms with Crippen LogP contribution in [-0.2, 0) is 4.79 Å². The van der Waals surface area contributed by atoms with Gasteiger partial charge in [0, 0.05) is 30.6 Å². The molecule has 3 aromatic heterocycles. The second-order valence-corrected chi connectivity index (χ2v) is 8.24. The number of hydrogen-bond donors (Lipinski definition) is 2. The van der Waals surface area contributed by atoms with Crippen LogP contribution < -0.4 is 10.6 Å². The minimum atomic E-state index is -0.519. The molecule has 0 spiro atoms. The minimum absolute atomic E-state index is 0.176. The van der Waals surface area contributed by atoms with Gasteiger partial charge in [-0.2, -0.15) is 0 Å². The zero-order valence-electron chi connectivity index (χ0n) is 18.0. The van der Waals surface area contributed by atoms with Crippen LogP contribution in [0.1, 0.15) is 29.0 Å². The number of amides is 2. The van der Waals surface area contributed by atoms with Gasteiger partial charge < -0.3 is 19.5 Å². The number of likely N-dealkylation sites (N-methyl/N-ethyl adjacent to an activating group) is 1. The average molecular weight is 428 g/mol. The zero-order chi connectivity index (χ0) is 22.2. The molecular weight excluding hydrogens is 404 g/mol. The van der Waals surface area contributed by atoms with Gasteiger partial charge in [0.15, 0.2) is 5.76 Å². The molecule has 32 heavy (non-hydrogen) atoms. The fraction of sp³-hybridized carbons (Fsp3) is 0.240. The van der Waals surface area contributed by atoms with Crippen LogP contribution in [0, 0.1) is 12.8 Å². The monoisotopic (exact) mass is 428 g/mol. The molecule has 1 aromatic carbocycles. The second kappa shape index (κ2) is 8.00. The Morgan fingerprint density at radius 3 is 2.50 bits per heavy atom. The van der Waals surface area contributed by atoms with E-state index in [2.05, 4.69) is 22.5 Å². The molecule has 5 rings (SSSR count). The molecule has 162 valence electrons. The fourth-order valence-corrected chi connectivity index (χ4v) is 3.86. The van der Waals surface area contributed by atoms with Crippen LogP contribution in [0.3, 0.4) is 0 Å². The van der Waals surface area contributed by atoms with E-state index >= 15 is 0 Å². The van der Waals surface area contributed by atoms with Gasteiger partial charge in [0.05, 0.1) is 5.69 Å². The molecule has 0 bridgehead atoms. The second-order valence-electron chi connectivity index (χ2n) is 8.24. The van der Waals surface area contributed by atoms with Crippen molar-refractivity contribution in [3.8, 4) is 22.6 Å². The normalized spacial score (nSPS) is 14.3. The van der Waals surface area contributed by atoms with E-state index in [4.69, 9.17) is 4.42 Å². The summed E-state index contributed by atoms with van der Waals surface area (Å²) in [5.74, 6) is 0.424. The third-order valence-corrected chi connectivity index (χ3v) is 5.80. The van der Waals surface area contributed by atoms with E-state index in [1.165, 1.54) is 5.56 Å². The number of nitrogens with zero attached hydrogens (tertiary/aromatic N) is 2. The highest BCUT2D eigenvalue weighted by Gasteiger charge is 2.37. The lowest BCUT2D eigenvalue weighted by Crippen LogP contribution is -2.47. The number of benzene rings is 1. The van der Waals surface area contributed by atoms with Crippen molar-refractivity contribution in [2.24, 2.45) is 5.92 Å². The Hall–Kier alpha value is -3.87. The van der Waals surface area contributed by atoms with Gasteiger partial charge in [0.25, 0.3) is 5.91 Å². The van der Waals surface area contributed by atoms with Gasteiger partial charge in [-0.15, -0.1) is 0 Å². The van der Waals surface area contributed by atoms with Crippen LogP contribution in [-0.4, -0.2) is 34.3 Å². The molecule has 4 aromatic rings. The van der Waals surface area contributed by atoms with E-state index < -0.39 is 6.04 Å². The number of pyridine rings is 1. The molecule has 0 aliphatic heterocycles. The van der Waals surface area contributed by atoms with E-state index in [1.54, 1.807) is 19.2 Å². The molecule has 2 N–H and O–H groups in total. The summed E-state index contributed by atoms with van der Waals surface area (Å²) in [5, 5.41) is 5.42. The number of fused-ring (bicyclic) bond motifs is 1. The number of rotatable bonds is 6. The summed E-state index contributed by atoms with van der Waals surface area (Å²) in [6.07, 6.45) is 5.95.